The Morgan fingerprint density at radius 1 is 1.61 bits per heavy atom. The van der Waals surface area contributed by atoms with Crippen molar-refractivity contribution in [1.29, 1.82) is 0 Å². The van der Waals surface area contributed by atoms with Crippen molar-refractivity contribution in [3.63, 3.8) is 0 Å². The molecule has 1 fully saturated rings. The van der Waals surface area contributed by atoms with Gasteiger partial charge in [0.15, 0.2) is 0 Å². The van der Waals surface area contributed by atoms with E-state index in [1.165, 1.54) is 0 Å². The van der Waals surface area contributed by atoms with E-state index >= 15 is 0 Å². The van der Waals surface area contributed by atoms with Crippen LogP contribution >= 0.6 is 0 Å². The molecule has 1 aromatic rings. The van der Waals surface area contributed by atoms with Gasteiger partial charge in [0.2, 0.25) is 5.91 Å². The number of hydrogen-bond acceptors (Lipinski definition) is 4. The van der Waals surface area contributed by atoms with Gasteiger partial charge in [-0.1, -0.05) is 13.8 Å². The summed E-state index contributed by atoms with van der Waals surface area (Å²) in [5.41, 5.74) is 0. The third-order valence-corrected chi connectivity index (χ3v) is 3.05. The number of carbonyl (C=O) groups is 1. The Bertz CT molecular complexity index is 391. The summed E-state index contributed by atoms with van der Waals surface area (Å²) in [4.78, 5) is 15.3. The summed E-state index contributed by atoms with van der Waals surface area (Å²) in [5, 5.41) is 10.5. The van der Waals surface area contributed by atoms with Gasteiger partial charge in [-0.15, -0.1) is 0 Å². The first kappa shape index (κ1) is 13.0. The maximum atomic E-state index is 11.1. The Labute approximate surface area is 107 Å². The largest absolute Gasteiger partial charge is 0.355 e. The van der Waals surface area contributed by atoms with Crippen molar-refractivity contribution in [3.8, 4) is 0 Å². The molecule has 6 heteroatoms. The lowest BCUT2D eigenvalue weighted by atomic mass is 10.1. The second kappa shape index (κ2) is 5.95. The van der Waals surface area contributed by atoms with E-state index in [2.05, 4.69) is 34.6 Å². The molecule has 0 aliphatic carbocycles. The highest BCUT2D eigenvalue weighted by atomic mass is 16.1. The van der Waals surface area contributed by atoms with E-state index in [1.54, 1.807) is 6.33 Å². The topological polar surface area (TPSA) is 71.8 Å². The second-order valence-electron chi connectivity index (χ2n) is 5.17. The number of piperidine rings is 1. The zero-order valence-corrected chi connectivity index (χ0v) is 11.0. The lowest BCUT2D eigenvalue weighted by molar-refractivity contribution is -0.122. The summed E-state index contributed by atoms with van der Waals surface area (Å²) in [5.74, 6) is 1.66. The summed E-state index contributed by atoms with van der Waals surface area (Å²) >= 11 is 0. The minimum absolute atomic E-state index is 0.149. The summed E-state index contributed by atoms with van der Waals surface area (Å²) in [6.07, 6.45) is 3.10. The summed E-state index contributed by atoms with van der Waals surface area (Å²) < 4.78 is 1.94. The van der Waals surface area contributed by atoms with Crippen molar-refractivity contribution < 1.29 is 4.79 Å². The predicted molar refractivity (Wildman–Crippen MR) is 67.7 cm³/mol. The SMILES string of the molecule is CC(C)Cn1ncnc1CNC1CCC(=O)NC1. The highest BCUT2D eigenvalue weighted by molar-refractivity contribution is 5.76. The van der Waals surface area contributed by atoms with Crippen LogP contribution in [0.15, 0.2) is 6.33 Å². The zero-order chi connectivity index (χ0) is 13.0. The number of nitrogens with zero attached hydrogens (tertiary/aromatic N) is 3. The van der Waals surface area contributed by atoms with E-state index < -0.39 is 0 Å². The molecule has 0 radical (unpaired) electrons. The fourth-order valence-electron chi connectivity index (χ4n) is 2.07. The smallest absolute Gasteiger partial charge is 0.220 e. The fourth-order valence-corrected chi connectivity index (χ4v) is 2.07. The molecule has 1 aliphatic heterocycles. The van der Waals surface area contributed by atoms with Crippen LogP contribution < -0.4 is 10.6 Å². The van der Waals surface area contributed by atoms with Crippen LogP contribution in [0, 0.1) is 5.92 Å². The molecule has 2 N–H and O–H groups in total. The highest BCUT2D eigenvalue weighted by Gasteiger charge is 2.18. The Balaban J connectivity index is 1.82. The molecule has 1 aliphatic rings. The molecule has 1 atom stereocenters. The van der Waals surface area contributed by atoms with Crippen molar-refractivity contribution in [2.45, 2.75) is 45.8 Å². The summed E-state index contributed by atoms with van der Waals surface area (Å²) in [7, 11) is 0. The molecule has 0 bridgehead atoms. The maximum Gasteiger partial charge on any atom is 0.220 e. The Morgan fingerprint density at radius 2 is 2.44 bits per heavy atom. The van der Waals surface area contributed by atoms with E-state index in [1.807, 2.05) is 4.68 Å². The van der Waals surface area contributed by atoms with Crippen LogP contribution in [0.4, 0.5) is 0 Å². The van der Waals surface area contributed by atoms with Gasteiger partial charge in [-0.2, -0.15) is 5.10 Å². The average molecular weight is 251 g/mol. The van der Waals surface area contributed by atoms with Crippen molar-refractivity contribution in [2.75, 3.05) is 6.54 Å². The Kier molecular flexibility index (Phi) is 4.30. The molecule has 18 heavy (non-hydrogen) atoms. The van der Waals surface area contributed by atoms with Crippen molar-refractivity contribution in [3.05, 3.63) is 12.2 Å². The predicted octanol–water partition coefficient (Wildman–Crippen LogP) is 0.302. The van der Waals surface area contributed by atoms with Gasteiger partial charge >= 0.3 is 0 Å². The van der Waals surface area contributed by atoms with Gasteiger partial charge in [-0.3, -0.25) is 4.79 Å². The molecule has 0 aromatic carbocycles. The number of carbonyl (C=O) groups excluding carboxylic acids is 1. The normalized spacial score (nSPS) is 20.2. The monoisotopic (exact) mass is 251 g/mol. The molecule has 2 rings (SSSR count). The van der Waals surface area contributed by atoms with Gasteiger partial charge in [-0.25, -0.2) is 9.67 Å². The standard InChI is InChI=1S/C12H21N5O/c1-9(2)7-17-11(15-8-16-17)6-13-10-3-4-12(18)14-5-10/h8-10,13H,3-7H2,1-2H3,(H,14,18). The number of nitrogens with one attached hydrogen (secondary N) is 2. The van der Waals surface area contributed by atoms with Gasteiger partial charge in [0, 0.05) is 25.6 Å². The van der Waals surface area contributed by atoms with Crippen LogP contribution in [0.5, 0.6) is 0 Å². The molecule has 1 aromatic heterocycles. The first-order valence-corrected chi connectivity index (χ1v) is 6.52. The van der Waals surface area contributed by atoms with E-state index in [-0.39, 0.29) is 5.91 Å². The number of amides is 1. The van der Waals surface area contributed by atoms with Crippen LogP contribution in [-0.2, 0) is 17.9 Å². The average Bonchev–Trinajstić information content (AvgIpc) is 2.75. The zero-order valence-electron chi connectivity index (χ0n) is 11.0. The lowest BCUT2D eigenvalue weighted by Gasteiger charge is -2.23. The molecular weight excluding hydrogens is 230 g/mol. The number of aromatic nitrogens is 3. The fraction of sp³-hybridized carbons (Fsp3) is 0.750. The Hall–Kier alpha value is -1.43. The molecule has 0 spiro atoms. The molecule has 100 valence electrons. The van der Waals surface area contributed by atoms with Crippen LogP contribution in [0.25, 0.3) is 0 Å². The van der Waals surface area contributed by atoms with Crippen molar-refractivity contribution in [1.82, 2.24) is 25.4 Å². The van der Waals surface area contributed by atoms with Gasteiger partial charge in [0.1, 0.15) is 12.2 Å². The van der Waals surface area contributed by atoms with Crippen LogP contribution in [0.1, 0.15) is 32.5 Å². The van der Waals surface area contributed by atoms with Gasteiger partial charge in [0.25, 0.3) is 0 Å². The van der Waals surface area contributed by atoms with E-state index in [9.17, 15) is 4.79 Å². The second-order valence-corrected chi connectivity index (χ2v) is 5.17. The van der Waals surface area contributed by atoms with E-state index in [0.29, 0.717) is 31.5 Å². The number of rotatable bonds is 5. The quantitative estimate of drug-likeness (QED) is 0.789. The van der Waals surface area contributed by atoms with E-state index in [0.717, 1.165) is 18.8 Å². The molecule has 2 heterocycles. The molecule has 0 saturated carbocycles. The molecule has 6 nitrogen and oxygen atoms in total. The van der Waals surface area contributed by atoms with Crippen LogP contribution in [-0.4, -0.2) is 33.3 Å². The molecule has 1 amide bonds. The lowest BCUT2D eigenvalue weighted by Crippen LogP contribution is -2.45. The van der Waals surface area contributed by atoms with Gasteiger partial charge in [0.05, 0.1) is 6.54 Å². The van der Waals surface area contributed by atoms with Gasteiger partial charge in [-0.05, 0) is 12.3 Å². The minimum Gasteiger partial charge on any atom is -0.355 e. The van der Waals surface area contributed by atoms with E-state index in [4.69, 9.17) is 0 Å². The summed E-state index contributed by atoms with van der Waals surface area (Å²) in [6, 6.07) is 0.340. The first-order valence-electron chi connectivity index (χ1n) is 6.52. The first-order chi connectivity index (χ1) is 8.65. The van der Waals surface area contributed by atoms with Crippen LogP contribution in [0.2, 0.25) is 0 Å². The van der Waals surface area contributed by atoms with Gasteiger partial charge < -0.3 is 10.6 Å². The molecule has 1 unspecified atom stereocenters. The minimum atomic E-state index is 0.149. The third kappa shape index (κ3) is 3.53. The number of hydrogen-bond donors (Lipinski definition) is 2. The Morgan fingerprint density at radius 3 is 3.11 bits per heavy atom. The van der Waals surface area contributed by atoms with Crippen molar-refractivity contribution in [2.24, 2.45) is 5.92 Å². The summed E-state index contributed by atoms with van der Waals surface area (Å²) in [6.45, 7) is 6.62. The maximum absolute atomic E-state index is 11.1. The van der Waals surface area contributed by atoms with Crippen molar-refractivity contribution >= 4 is 5.91 Å². The molecular formula is C12H21N5O. The molecule has 1 saturated heterocycles. The van der Waals surface area contributed by atoms with Crippen LogP contribution in [0.3, 0.4) is 0 Å². The highest BCUT2D eigenvalue weighted by Crippen LogP contribution is 2.05. The third-order valence-electron chi connectivity index (χ3n) is 3.05.